The summed E-state index contributed by atoms with van der Waals surface area (Å²) in [7, 11) is 0.634. The van der Waals surface area contributed by atoms with Gasteiger partial charge in [-0.3, -0.25) is 0 Å². The summed E-state index contributed by atoms with van der Waals surface area (Å²) in [6.45, 7) is 4.77. The Balaban J connectivity index is 2.12. The lowest BCUT2D eigenvalue weighted by Gasteiger charge is -2.13. The van der Waals surface area contributed by atoms with Crippen LogP contribution in [0.2, 0.25) is 0 Å². The van der Waals surface area contributed by atoms with E-state index in [4.69, 9.17) is 4.74 Å². The number of hydrogen-bond donors (Lipinski definition) is 1. The zero-order chi connectivity index (χ0) is 14.9. The number of methoxy groups -OCH3 is 1. The second-order valence-electron chi connectivity index (χ2n) is 5.63. The second kappa shape index (κ2) is 5.73. The predicted molar refractivity (Wildman–Crippen MR) is 77.7 cm³/mol. The molecule has 2 rings (SSSR count). The molecule has 1 aliphatic rings. The van der Waals surface area contributed by atoms with Crippen molar-refractivity contribution in [1.82, 2.24) is 15.1 Å². The van der Waals surface area contributed by atoms with Gasteiger partial charge in [-0.2, -0.15) is 5.10 Å². The summed E-state index contributed by atoms with van der Waals surface area (Å²) in [6, 6.07) is 0.0323. The Labute approximate surface area is 120 Å². The molecule has 1 saturated heterocycles. The Hall–Kier alpha value is -1.08. The van der Waals surface area contributed by atoms with Crippen LogP contribution in [0, 0.1) is 0 Å². The van der Waals surface area contributed by atoms with Crippen molar-refractivity contribution in [2.45, 2.75) is 38.8 Å². The summed E-state index contributed by atoms with van der Waals surface area (Å²) < 4.78 is 30.1. The molecule has 7 heteroatoms. The molecule has 0 radical (unpaired) electrons. The average Bonchev–Trinajstić information content (AvgIpc) is 2.86. The number of sulfone groups is 1. The van der Waals surface area contributed by atoms with Crippen LogP contribution in [-0.2, 0) is 23.4 Å². The van der Waals surface area contributed by atoms with E-state index in [-0.39, 0.29) is 17.5 Å². The molecule has 1 aromatic heterocycles. The van der Waals surface area contributed by atoms with Crippen LogP contribution in [0.3, 0.4) is 0 Å². The minimum absolute atomic E-state index is 0.0323. The van der Waals surface area contributed by atoms with Gasteiger partial charge in [0.15, 0.2) is 9.84 Å². The first-order chi connectivity index (χ1) is 9.34. The van der Waals surface area contributed by atoms with E-state index < -0.39 is 9.84 Å². The third-order valence-corrected chi connectivity index (χ3v) is 5.43. The molecular formula is C13H23N3O3S. The molecule has 1 aromatic rings. The van der Waals surface area contributed by atoms with E-state index >= 15 is 0 Å². The molecule has 1 fully saturated rings. The van der Waals surface area contributed by atoms with Gasteiger partial charge in [0.2, 0.25) is 5.88 Å². The number of nitrogens with zero attached hydrogens (tertiary/aromatic N) is 2. The summed E-state index contributed by atoms with van der Waals surface area (Å²) in [5.41, 5.74) is 2.02. The van der Waals surface area contributed by atoms with E-state index in [0.717, 1.165) is 17.1 Å². The SMILES string of the molecule is COc1c(CNC2CCS(=O)(=O)C2)c(C(C)C)nn1C. The van der Waals surface area contributed by atoms with Crippen LogP contribution >= 0.6 is 0 Å². The van der Waals surface area contributed by atoms with Gasteiger partial charge < -0.3 is 10.1 Å². The van der Waals surface area contributed by atoms with E-state index in [9.17, 15) is 8.42 Å². The molecule has 0 aromatic carbocycles. The maximum absolute atomic E-state index is 11.5. The van der Waals surface area contributed by atoms with E-state index in [1.54, 1.807) is 11.8 Å². The third-order valence-electron chi connectivity index (χ3n) is 3.66. The maximum Gasteiger partial charge on any atom is 0.216 e. The lowest BCUT2D eigenvalue weighted by atomic mass is 10.1. The van der Waals surface area contributed by atoms with Crippen LogP contribution in [0.25, 0.3) is 0 Å². The molecule has 0 amide bonds. The fourth-order valence-corrected chi connectivity index (χ4v) is 4.37. The monoisotopic (exact) mass is 301 g/mol. The average molecular weight is 301 g/mol. The molecule has 114 valence electrons. The first-order valence-corrected chi connectivity index (χ1v) is 8.69. The van der Waals surface area contributed by atoms with Gasteiger partial charge in [0.25, 0.3) is 0 Å². The van der Waals surface area contributed by atoms with Gasteiger partial charge in [0.1, 0.15) is 0 Å². The highest BCUT2D eigenvalue weighted by atomic mass is 32.2. The van der Waals surface area contributed by atoms with Crippen molar-refractivity contribution in [3.8, 4) is 5.88 Å². The quantitative estimate of drug-likeness (QED) is 0.872. The number of ether oxygens (including phenoxy) is 1. The minimum atomic E-state index is -2.85. The Morgan fingerprint density at radius 3 is 2.70 bits per heavy atom. The molecular weight excluding hydrogens is 278 g/mol. The summed E-state index contributed by atoms with van der Waals surface area (Å²) in [4.78, 5) is 0. The van der Waals surface area contributed by atoms with Gasteiger partial charge in [0, 0.05) is 19.6 Å². The Morgan fingerprint density at radius 1 is 1.50 bits per heavy atom. The number of aromatic nitrogens is 2. The summed E-state index contributed by atoms with van der Waals surface area (Å²) in [5, 5.41) is 7.81. The van der Waals surface area contributed by atoms with Gasteiger partial charge in [-0.05, 0) is 12.3 Å². The van der Waals surface area contributed by atoms with Gasteiger partial charge in [0.05, 0.1) is 29.9 Å². The molecule has 1 aliphatic heterocycles. The summed E-state index contributed by atoms with van der Waals surface area (Å²) >= 11 is 0. The van der Waals surface area contributed by atoms with E-state index in [2.05, 4.69) is 24.3 Å². The first kappa shape index (κ1) is 15.3. The fourth-order valence-electron chi connectivity index (χ4n) is 2.66. The molecule has 0 saturated carbocycles. The van der Waals surface area contributed by atoms with Crippen molar-refractivity contribution >= 4 is 9.84 Å². The highest BCUT2D eigenvalue weighted by Gasteiger charge is 2.28. The molecule has 0 bridgehead atoms. The number of hydrogen-bond acceptors (Lipinski definition) is 5. The Kier molecular flexibility index (Phi) is 4.39. The highest BCUT2D eigenvalue weighted by molar-refractivity contribution is 7.91. The third kappa shape index (κ3) is 3.15. The van der Waals surface area contributed by atoms with Crippen molar-refractivity contribution in [3.63, 3.8) is 0 Å². The molecule has 1 unspecified atom stereocenters. The van der Waals surface area contributed by atoms with Crippen LogP contribution in [-0.4, -0.2) is 42.9 Å². The Bertz CT molecular complexity index is 578. The zero-order valence-corrected chi connectivity index (χ0v) is 13.3. The van der Waals surface area contributed by atoms with Gasteiger partial charge in [-0.1, -0.05) is 13.8 Å². The largest absolute Gasteiger partial charge is 0.481 e. The summed E-state index contributed by atoms with van der Waals surface area (Å²) in [5.74, 6) is 1.55. The van der Waals surface area contributed by atoms with Gasteiger partial charge in [-0.15, -0.1) is 0 Å². The van der Waals surface area contributed by atoms with Gasteiger partial charge >= 0.3 is 0 Å². The van der Waals surface area contributed by atoms with Crippen molar-refractivity contribution < 1.29 is 13.2 Å². The van der Waals surface area contributed by atoms with Crippen molar-refractivity contribution in [2.24, 2.45) is 7.05 Å². The summed E-state index contributed by atoms with van der Waals surface area (Å²) in [6.07, 6.45) is 0.682. The molecule has 0 spiro atoms. The van der Waals surface area contributed by atoms with E-state index in [1.807, 2.05) is 7.05 Å². The second-order valence-corrected chi connectivity index (χ2v) is 7.86. The van der Waals surface area contributed by atoms with Crippen LogP contribution in [0.1, 0.15) is 37.4 Å². The molecule has 20 heavy (non-hydrogen) atoms. The predicted octanol–water partition coefficient (Wildman–Crippen LogP) is 0.829. The van der Waals surface area contributed by atoms with E-state index in [0.29, 0.717) is 18.9 Å². The molecule has 6 nitrogen and oxygen atoms in total. The molecule has 2 heterocycles. The fraction of sp³-hybridized carbons (Fsp3) is 0.769. The topological polar surface area (TPSA) is 73.2 Å². The van der Waals surface area contributed by atoms with Crippen molar-refractivity contribution in [1.29, 1.82) is 0 Å². The first-order valence-electron chi connectivity index (χ1n) is 6.87. The highest BCUT2D eigenvalue weighted by Crippen LogP contribution is 2.27. The standard InChI is InChI=1S/C13H23N3O3S/c1-9(2)12-11(13(19-4)16(3)15-12)7-14-10-5-6-20(17,18)8-10/h9-10,14H,5-8H2,1-4H3. The lowest BCUT2D eigenvalue weighted by molar-refractivity contribution is 0.367. The molecule has 1 atom stereocenters. The smallest absolute Gasteiger partial charge is 0.216 e. The molecule has 0 aliphatic carbocycles. The number of rotatable bonds is 5. The van der Waals surface area contributed by atoms with E-state index in [1.165, 1.54) is 0 Å². The van der Waals surface area contributed by atoms with Crippen LogP contribution in [0.5, 0.6) is 5.88 Å². The van der Waals surface area contributed by atoms with Crippen molar-refractivity contribution in [2.75, 3.05) is 18.6 Å². The van der Waals surface area contributed by atoms with Crippen LogP contribution in [0.15, 0.2) is 0 Å². The molecule has 1 N–H and O–H groups in total. The lowest BCUT2D eigenvalue weighted by Crippen LogP contribution is -2.29. The van der Waals surface area contributed by atoms with Crippen molar-refractivity contribution in [3.05, 3.63) is 11.3 Å². The normalized spacial score (nSPS) is 21.6. The zero-order valence-electron chi connectivity index (χ0n) is 12.5. The van der Waals surface area contributed by atoms with Crippen LogP contribution in [0.4, 0.5) is 0 Å². The maximum atomic E-state index is 11.5. The Morgan fingerprint density at radius 2 is 2.20 bits per heavy atom. The number of aryl methyl sites for hydroxylation is 1. The number of nitrogens with one attached hydrogen (secondary N) is 1. The van der Waals surface area contributed by atoms with Crippen LogP contribution < -0.4 is 10.1 Å². The van der Waals surface area contributed by atoms with Gasteiger partial charge in [-0.25, -0.2) is 13.1 Å². The minimum Gasteiger partial charge on any atom is -0.481 e.